The van der Waals surface area contributed by atoms with Gasteiger partial charge in [0.15, 0.2) is 0 Å². The van der Waals surface area contributed by atoms with Crippen molar-refractivity contribution in [3.05, 3.63) is 30.0 Å². The van der Waals surface area contributed by atoms with Gasteiger partial charge < -0.3 is 14.5 Å². The molecule has 0 atom stereocenters. The molecular weight excluding hydrogens is 292 g/mol. The highest BCUT2D eigenvalue weighted by molar-refractivity contribution is 6.67. The van der Waals surface area contributed by atoms with Gasteiger partial charge in [0.1, 0.15) is 12.4 Å². The molecule has 1 N–H and O–H groups in total. The first kappa shape index (κ1) is 14.4. The number of hydrogen-bond acceptors (Lipinski definition) is 4. The van der Waals surface area contributed by atoms with Crippen molar-refractivity contribution < 1.29 is 14.3 Å². The van der Waals surface area contributed by atoms with Crippen molar-refractivity contribution in [2.45, 2.75) is 0 Å². The summed E-state index contributed by atoms with van der Waals surface area (Å²) in [5.41, 5.74) is 1.27. The Balaban J connectivity index is 1.60. The van der Waals surface area contributed by atoms with E-state index in [-0.39, 0.29) is 0 Å². The van der Waals surface area contributed by atoms with E-state index in [9.17, 15) is 4.79 Å². The van der Waals surface area contributed by atoms with Crippen molar-refractivity contribution >= 4 is 27.7 Å². The van der Waals surface area contributed by atoms with Crippen LogP contribution in [-0.2, 0) is 4.74 Å². The monoisotopic (exact) mass is 308 g/mol. The molecule has 1 saturated heterocycles. The fourth-order valence-corrected chi connectivity index (χ4v) is 2.53. The Morgan fingerprint density at radius 3 is 2.90 bits per heavy atom. The summed E-state index contributed by atoms with van der Waals surface area (Å²) in [7, 11) is 0. The third kappa shape index (κ3) is 3.56. The average Bonchev–Trinajstić information content (AvgIpc) is 2.92. The number of rotatable bonds is 5. The first-order valence-corrected chi connectivity index (χ1v) is 7.36. The third-order valence-corrected chi connectivity index (χ3v) is 3.79. The molecule has 0 radical (unpaired) electrons. The fraction of sp³-hybridized carbons (Fsp3) is 0.400. The summed E-state index contributed by atoms with van der Waals surface area (Å²) >= 11 is 5.47. The molecule has 112 valence electrons. The number of aromatic amines is 1. The van der Waals surface area contributed by atoms with Crippen molar-refractivity contribution in [3.63, 3.8) is 0 Å². The van der Waals surface area contributed by atoms with Gasteiger partial charge in [0.25, 0.3) is 5.24 Å². The average molecular weight is 309 g/mol. The van der Waals surface area contributed by atoms with Gasteiger partial charge in [-0.15, -0.1) is 0 Å². The second kappa shape index (κ2) is 6.47. The van der Waals surface area contributed by atoms with Crippen molar-refractivity contribution in [1.29, 1.82) is 0 Å². The van der Waals surface area contributed by atoms with Crippen LogP contribution in [0, 0.1) is 0 Å². The predicted octanol–water partition coefficient (Wildman–Crippen LogP) is 2.26. The maximum Gasteiger partial charge on any atom is 0.268 e. The quantitative estimate of drug-likeness (QED) is 0.861. The number of carbonyl (C=O) groups is 1. The summed E-state index contributed by atoms with van der Waals surface area (Å²) < 4.78 is 11.1. The van der Waals surface area contributed by atoms with Gasteiger partial charge in [0.05, 0.1) is 18.9 Å². The first-order valence-electron chi connectivity index (χ1n) is 6.98. The van der Waals surface area contributed by atoms with E-state index in [1.165, 1.54) is 0 Å². The van der Waals surface area contributed by atoms with Crippen LogP contribution in [0.3, 0.4) is 0 Å². The van der Waals surface area contributed by atoms with Crippen LogP contribution >= 0.6 is 11.6 Å². The molecule has 5 nitrogen and oxygen atoms in total. The number of aromatic nitrogens is 1. The number of halogens is 1. The van der Waals surface area contributed by atoms with Gasteiger partial charge in [0.2, 0.25) is 0 Å². The van der Waals surface area contributed by atoms with E-state index in [4.69, 9.17) is 21.1 Å². The molecule has 0 spiro atoms. The Bertz CT molecular complexity index is 635. The lowest BCUT2D eigenvalue weighted by molar-refractivity contribution is 0.0322. The van der Waals surface area contributed by atoms with Crippen LogP contribution in [0.25, 0.3) is 10.9 Å². The molecule has 1 aliphatic heterocycles. The molecule has 2 heterocycles. The van der Waals surface area contributed by atoms with Crippen LogP contribution in [0.15, 0.2) is 24.3 Å². The predicted molar refractivity (Wildman–Crippen MR) is 81.2 cm³/mol. The van der Waals surface area contributed by atoms with Crippen molar-refractivity contribution in [2.24, 2.45) is 0 Å². The Morgan fingerprint density at radius 1 is 1.33 bits per heavy atom. The van der Waals surface area contributed by atoms with Gasteiger partial charge in [-0.1, -0.05) is 0 Å². The van der Waals surface area contributed by atoms with Gasteiger partial charge in [-0.05, 0) is 35.9 Å². The molecule has 1 aliphatic rings. The van der Waals surface area contributed by atoms with Crippen LogP contribution in [0.4, 0.5) is 0 Å². The number of fused-ring (bicyclic) bond motifs is 1. The van der Waals surface area contributed by atoms with Crippen LogP contribution in [0.5, 0.6) is 5.75 Å². The zero-order chi connectivity index (χ0) is 14.7. The van der Waals surface area contributed by atoms with Gasteiger partial charge >= 0.3 is 0 Å². The second-order valence-corrected chi connectivity index (χ2v) is 5.35. The Hall–Kier alpha value is -1.56. The lowest BCUT2D eigenvalue weighted by Gasteiger charge is -2.26. The van der Waals surface area contributed by atoms with Gasteiger partial charge in [-0.3, -0.25) is 9.69 Å². The topological polar surface area (TPSA) is 54.6 Å². The van der Waals surface area contributed by atoms with Crippen LogP contribution in [-0.4, -0.2) is 54.6 Å². The maximum atomic E-state index is 11.1. The largest absolute Gasteiger partial charge is 0.492 e. The molecule has 3 rings (SSSR count). The van der Waals surface area contributed by atoms with E-state index < -0.39 is 5.24 Å². The smallest absolute Gasteiger partial charge is 0.268 e. The number of morpholine rings is 1. The summed E-state index contributed by atoms with van der Waals surface area (Å²) in [5, 5.41) is 0.434. The summed E-state index contributed by atoms with van der Waals surface area (Å²) in [4.78, 5) is 16.4. The highest BCUT2D eigenvalue weighted by Gasteiger charge is 2.10. The molecule has 0 amide bonds. The van der Waals surface area contributed by atoms with Crippen LogP contribution in [0.1, 0.15) is 10.5 Å². The Kier molecular flexibility index (Phi) is 4.43. The summed E-state index contributed by atoms with van der Waals surface area (Å²) in [6.45, 7) is 5.04. The molecule has 6 heteroatoms. The zero-order valence-corrected chi connectivity index (χ0v) is 12.4. The van der Waals surface area contributed by atoms with Crippen molar-refractivity contribution in [2.75, 3.05) is 39.5 Å². The molecule has 0 aliphatic carbocycles. The Morgan fingerprint density at radius 2 is 2.14 bits per heavy atom. The Labute approximate surface area is 127 Å². The summed E-state index contributed by atoms with van der Waals surface area (Å²) in [6, 6.07) is 7.43. The molecule has 1 fully saturated rings. The van der Waals surface area contributed by atoms with Crippen LogP contribution < -0.4 is 4.74 Å². The number of nitrogens with zero attached hydrogens (tertiary/aromatic N) is 1. The molecule has 0 saturated carbocycles. The van der Waals surface area contributed by atoms with E-state index in [0.717, 1.165) is 49.5 Å². The normalized spacial score (nSPS) is 16.2. The second-order valence-electron chi connectivity index (χ2n) is 5.01. The van der Waals surface area contributed by atoms with Crippen LogP contribution in [0.2, 0.25) is 0 Å². The number of benzene rings is 1. The fourth-order valence-electron chi connectivity index (χ4n) is 2.42. The van der Waals surface area contributed by atoms with E-state index >= 15 is 0 Å². The molecule has 1 aromatic heterocycles. The number of carbonyl (C=O) groups excluding carboxylic acids is 1. The molecule has 1 aromatic carbocycles. The number of hydrogen-bond donors (Lipinski definition) is 1. The van der Waals surface area contributed by atoms with E-state index in [2.05, 4.69) is 9.88 Å². The molecular formula is C15H17ClN2O3. The summed E-state index contributed by atoms with van der Waals surface area (Å²) in [5.74, 6) is 0.795. The van der Waals surface area contributed by atoms with Gasteiger partial charge in [-0.25, -0.2) is 0 Å². The van der Waals surface area contributed by atoms with Gasteiger partial charge in [0, 0.05) is 30.5 Å². The standard InChI is InChI=1S/C15H17ClN2O3/c16-15(19)14-10-11-9-12(1-2-13(11)17-14)21-8-5-18-3-6-20-7-4-18/h1-2,9-10,17H,3-8H2. The minimum absolute atomic E-state index is 0.400. The molecule has 21 heavy (non-hydrogen) atoms. The van der Waals surface area contributed by atoms with E-state index in [0.29, 0.717) is 12.3 Å². The minimum atomic E-state index is -0.485. The van der Waals surface area contributed by atoms with Crippen molar-refractivity contribution in [1.82, 2.24) is 9.88 Å². The molecule has 0 unspecified atom stereocenters. The summed E-state index contributed by atoms with van der Waals surface area (Å²) in [6.07, 6.45) is 0. The first-order chi connectivity index (χ1) is 10.2. The van der Waals surface area contributed by atoms with Gasteiger partial charge in [-0.2, -0.15) is 0 Å². The lowest BCUT2D eigenvalue weighted by atomic mass is 10.2. The van der Waals surface area contributed by atoms with E-state index in [1.54, 1.807) is 6.07 Å². The highest BCUT2D eigenvalue weighted by atomic mass is 35.5. The SMILES string of the molecule is O=C(Cl)c1cc2cc(OCCN3CCOCC3)ccc2[nH]1. The minimum Gasteiger partial charge on any atom is -0.492 e. The number of nitrogens with one attached hydrogen (secondary N) is 1. The molecule has 2 aromatic rings. The van der Waals surface area contributed by atoms with Crippen molar-refractivity contribution in [3.8, 4) is 5.75 Å². The number of H-pyrrole nitrogens is 1. The molecule has 0 bridgehead atoms. The highest BCUT2D eigenvalue weighted by Crippen LogP contribution is 2.22. The maximum absolute atomic E-state index is 11.1. The lowest BCUT2D eigenvalue weighted by Crippen LogP contribution is -2.38. The van der Waals surface area contributed by atoms with E-state index in [1.807, 2.05) is 18.2 Å². The number of ether oxygens (including phenoxy) is 2. The zero-order valence-electron chi connectivity index (χ0n) is 11.6. The third-order valence-electron chi connectivity index (χ3n) is 3.58.